The van der Waals surface area contributed by atoms with E-state index in [0.717, 1.165) is 12.3 Å². The molecular weight excluding hydrogens is 198 g/mol. The zero-order valence-corrected chi connectivity index (χ0v) is 9.23. The zero-order valence-electron chi connectivity index (χ0n) is 8.41. The maximum Gasteiger partial charge on any atom is 0.166 e. The van der Waals surface area contributed by atoms with Crippen LogP contribution in [0.25, 0.3) is 0 Å². The van der Waals surface area contributed by atoms with Crippen LogP contribution in [0.1, 0.15) is 19.6 Å². The molecule has 1 heterocycles. The van der Waals surface area contributed by atoms with E-state index in [0.29, 0.717) is 17.6 Å². The van der Waals surface area contributed by atoms with E-state index < -0.39 is 0 Å². The van der Waals surface area contributed by atoms with Crippen molar-refractivity contribution in [3.05, 3.63) is 18.0 Å². The van der Waals surface area contributed by atoms with Crippen LogP contribution in [-0.2, 0) is 6.54 Å². The minimum absolute atomic E-state index is 0.573. The third-order valence-electron chi connectivity index (χ3n) is 1.59. The molecule has 1 aromatic heterocycles. The molecule has 0 unspecified atom stereocenters. The van der Waals surface area contributed by atoms with E-state index in [1.54, 1.807) is 12.3 Å². The van der Waals surface area contributed by atoms with E-state index in [4.69, 9.17) is 16.7 Å². The Morgan fingerprint density at radius 1 is 1.57 bits per heavy atom. The van der Waals surface area contributed by atoms with Crippen LogP contribution in [0.15, 0.2) is 16.8 Å². The Labute approximate surface area is 89.0 Å². The number of hydrogen-bond acceptors (Lipinski definition) is 3. The number of thiocarbonyl (C=S) groups is 1. The summed E-state index contributed by atoms with van der Waals surface area (Å²) < 4.78 is 4.91. The van der Waals surface area contributed by atoms with Gasteiger partial charge in [0.15, 0.2) is 10.9 Å². The Balaban J connectivity index is 2.15. The molecule has 14 heavy (non-hydrogen) atoms. The molecule has 0 aromatic carbocycles. The van der Waals surface area contributed by atoms with E-state index in [2.05, 4.69) is 29.6 Å². The molecule has 4 nitrogen and oxygen atoms in total. The molecule has 0 aliphatic carbocycles. The third-order valence-corrected chi connectivity index (χ3v) is 1.87. The topological polar surface area (TPSA) is 50.1 Å². The molecule has 78 valence electrons. The first-order chi connectivity index (χ1) is 6.68. The number of hydrogen-bond donors (Lipinski definition) is 2. The highest BCUT2D eigenvalue weighted by Crippen LogP contribution is 1.94. The Morgan fingerprint density at radius 2 is 2.36 bits per heavy atom. The molecule has 0 spiro atoms. The van der Waals surface area contributed by atoms with E-state index in [-0.39, 0.29) is 0 Å². The summed E-state index contributed by atoms with van der Waals surface area (Å²) in [5.74, 6) is 1.36. The van der Waals surface area contributed by atoms with Crippen LogP contribution < -0.4 is 10.6 Å². The second-order valence-electron chi connectivity index (χ2n) is 3.44. The molecule has 0 saturated carbocycles. The van der Waals surface area contributed by atoms with Gasteiger partial charge >= 0.3 is 0 Å². The van der Waals surface area contributed by atoms with E-state index >= 15 is 0 Å². The van der Waals surface area contributed by atoms with Crippen molar-refractivity contribution in [2.24, 2.45) is 5.92 Å². The summed E-state index contributed by atoms with van der Waals surface area (Å²) in [5, 5.41) is 10.4. The second-order valence-corrected chi connectivity index (χ2v) is 3.84. The smallest absolute Gasteiger partial charge is 0.166 e. The maximum absolute atomic E-state index is 5.06. The lowest BCUT2D eigenvalue weighted by Gasteiger charge is -2.10. The molecule has 1 aromatic rings. The molecular formula is C9H15N3OS. The van der Waals surface area contributed by atoms with Crippen molar-refractivity contribution < 1.29 is 4.52 Å². The average molecular weight is 213 g/mol. The predicted octanol–water partition coefficient (Wildman–Crippen LogP) is 1.29. The van der Waals surface area contributed by atoms with Gasteiger partial charge < -0.3 is 15.2 Å². The van der Waals surface area contributed by atoms with Gasteiger partial charge in [0.25, 0.3) is 0 Å². The van der Waals surface area contributed by atoms with Crippen molar-refractivity contribution in [2.75, 3.05) is 6.54 Å². The van der Waals surface area contributed by atoms with Crippen LogP contribution in [0.5, 0.6) is 0 Å². The van der Waals surface area contributed by atoms with Gasteiger partial charge in [-0.25, -0.2) is 0 Å². The van der Waals surface area contributed by atoms with Gasteiger partial charge in [0.2, 0.25) is 0 Å². The fraction of sp³-hybridized carbons (Fsp3) is 0.556. The van der Waals surface area contributed by atoms with Crippen LogP contribution in [0.3, 0.4) is 0 Å². The highest BCUT2D eigenvalue weighted by Gasteiger charge is 1.99. The Kier molecular flexibility index (Phi) is 4.39. The highest BCUT2D eigenvalue weighted by atomic mass is 32.1. The van der Waals surface area contributed by atoms with Crippen molar-refractivity contribution in [3.8, 4) is 0 Å². The zero-order chi connectivity index (χ0) is 10.4. The average Bonchev–Trinajstić information content (AvgIpc) is 2.63. The van der Waals surface area contributed by atoms with Crippen molar-refractivity contribution in [2.45, 2.75) is 20.4 Å². The first kappa shape index (κ1) is 11.0. The first-order valence-electron chi connectivity index (χ1n) is 4.59. The number of nitrogens with one attached hydrogen (secondary N) is 2. The van der Waals surface area contributed by atoms with Crippen molar-refractivity contribution in [1.29, 1.82) is 0 Å². The monoisotopic (exact) mass is 213 g/mol. The summed E-state index contributed by atoms with van der Waals surface area (Å²) >= 11 is 5.06. The molecule has 5 heteroatoms. The first-order valence-corrected chi connectivity index (χ1v) is 5.00. The molecule has 0 aliphatic rings. The molecule has 0 amide bonds. The van der Waals surface area contributed by atoms with Crippen molar-refractivity contribution in [1.82, 2.24) is 15.8 Å². The minimum atomic E-state index is 0.573. The quantitative estimate of drug-likeness (QED) is 0.738. The van der Waals surface area contributed by atoms with Crippen LogP contribution in [0, 0.1) is 5.92 Å². The van der Waals surface area contributed by atoms with Gasteiger partial charge in [0.1, 0.15) is 0 Å². The van der Waals surface area contributed by atoms with Gasteiger partial charge in [-0.1, -0.05) is 19.0 Å². The maximum atomic E-state index is 5.06. The number of aromatic nitrogens is 1. The summed E-state index contributed by atoms with van der Waals surface area (Å²) in [6.45, 7) is 5.71. The normalized spacial score (nSPS) is 10.2. The van der Waals surface area contributed by atoms with Gasteiger partial charge in [-0.05, 0) is 18.1 Å². The van der Waals surface area contributed by atoms with Crippen molar-refractivity contribution >= 4 is 17.3 Å². The fourth-order valence-corrected chi connectivity index (χ4v) is 1.02. The molecule has 0 atom stereocenters. The van der Waals surface area contributed by atoms with Crippen LogP contribution in [0.2, 0.25) is 0 Å². The molecule has 0 fully saturated rings. The Hall–Kier alpha value is -1.10. The van der Waals surface area contributed by atoms with Crippen LogP contribution in [0.4, 0.5) is 0 Å². The fourth-order valence-electron chi connectivity index (χ4n) is 0.860. The summed E-state index contributed by atoms with van der Waals surface area (Å²) in [7, 11) is 0. The lowest BCUT2D eigenvalue weighted by atomic mass is 10.2. The Bertz CT molecular complexity index is 272. The molecule has 0 saturated heterocycles. The molecule has 2 N–H and O–H groups in total. The minimum Gasteiger partial charge on any atom is -0.362 e. The summed E-state index contributed by atoms with van der Waals surface area (Å²) in [6, 6.07) is 1.80. The van der Waals surface area contributed by atoms with Gasteiger partial charge in [-0.2, -0.15) is 0 Å². The summed E-state index contributed by atoms with van der Waals surface area (Å²) in [5.41, 5.74) is 0. The lowest BCUT2D eigenvalue weighted by Crippen LogP contribution is -2.36. The second kappa shape index (κ2) is 5.59. The van der Waals surface area contributed by atoms with Crippen LogP contribution in [-0.4, -0.2) is 16.8 Å². The largest absolute Gasteiger partial charge is 0.362 e. The van der Waals surface area contributed by atoms with Gasteiger partial charge in [0.05, 0.1) is 12.7 Å². The van der Waals surface area contributed by atoms with E-state index in [9.17, 15) is 0 Å². The molecule has 1 rings (SSSR count). The van der Waals surface area contributed by atoms with Crippen molar-refractivity contribution in [3.63, 3.8) is 0 Å². The number of rotatable bonds is 4. The standard InChI is InChI=1S/C9H15N3OS/c1-7(2)5-10-9(14)11-6-8-3-4-12-13-8/h3-4,7H,5-6H2,1-2H3,(H2,10,11,14). The van der Waals surface area contributed by atoms with Gasteiger partial charge in [-0.3, -0.25) is 0 Å². The highest BCUT2D eigenvalue weighted by molar-refractivity contribution is 7.80. The van der Waals surface area contributed by atoms with Gasteiger partial charge in [-0.15, -0.1) is 0 Å². The SMILES string of the molecule is CC(C)CNC(=S)NCc1ccno1. The van der Waals surface area contributed by atoms with E-state index in [1.807, 2.05) is 0 Å². The summed E-state index contributed by atoms with van der Waals surface area (Å²) in [6.07, 6.45) is 1.61. The molecule has 0 radical (unpaired) electrons. The molecule has 0 aliphatic heterocycles. The molecule has 0 bridgehead atoms. The lowest BCUT2D eigenvalue weighted by molar-refractivity contribution is 0.380. The van der Waals surface area contributed by atoms with Crippen LogP contribution >= 0.6 is 12.2 Å². The summed E-state index contributed by atoms with van der Waals surface area (Å²) in [4.78, 5) is 0. The van der Waals surface area contributed by atoms with Gasteiger partial charge in [0, 0.05) is 12.6 Å². The number of nitrogens with zero attached hydrogens (tertiary/aromatic N) is 1. The van der Waals surface area contributed by atoms with E-state index in [1.165, 1.54) is 0 Å². The Morgan fingerprint density at radius 3 is 2.93 bits per heavy atom. The third kappa shape index (κ3) is 4.23. The predicted molar refractivity (Wildman–Crippen MR) is 58.8 cm³/mol.